The molecule has 0 saturated heterocycles. The van der Waals surface area contributed by atoms with Crippen molar-refractivity contribution >= 4 is 0 Å². The van der Waals surface area contributed by atoms with Crippen LogP contribution in [0.3, 0.4) is 0 Å². The molecule has 0 aromatic carbocycles. The zero-order valence-electron chi connectivity index (χ0n) is 13.9. The fraction of sp³-hybridized carbons (Fsp3) is 0.833. The van der Waals surface area contributed by atoms with E-state index in [9.17, 15) is 57.1 Å². The van der Waals surface area contributed by atoms with Crippen LogP contribution in [-0.2, 0) is 14.2 Å². The van der Waals surface area contributed by atoms with Gasteiger partial charge in [0.15, 0.2) is 5.83 Å². The maximum Gasteiger partial charge on any atom is 0.458 e. The molecule has 0 bridgehead atoms. The quantitative estimate of drug-likeness (QED) is 0.442. The maximum absolute atomic E-state index is 13.9. The molecule has 0 spiro atoms. The summed E-state index contributed by atoms with van der Waals surface area (Å²) in [6, 6.07) is 0. The van der Waals surface area contributed by atoms with E-state index < -0.39 is 68.0 Å². The highest BCUT2D eigenvalue weighted by molar-refractivity contribution is 4.97. The molecule has 0 fully saturated rings. The van der Waals surface area contributed by atoms with Gasteiger partial charge in [0.2, 0.25) is 0 Å². The molecule has 0 rings (SSSR count). The van der Waals surface area contributed by atoms with E-state index in [0.29, 0.717) is 0 Å². The van der Waals surface area contributed by atoms with Crippen LogP contribution >= 0.6 is 0 Å². The first-order chi connectivity index (χ1) is 13.1. The second-order valence-electron chi connectivity index (χ2n) is 5.31. The number of hydrogen-bond acceptors (Lipinski definition) is 5. The highest BCUT2D eigenvalue weighted by Crippen LogP contribution is 2.53. The number of ether oxygens (including phenoxy) is 3. The van der Waals surface area contributed by atoms with Crippen molar-refractivity contribution in [3.8, 4) is 0 Å². The minimum Gasteiger partial charge on any atom is -0.394 e. The SMILES string of the molecule is C=C(F)C(F)(F)OC(F)(C(F)(F)F)C(F)(F)OC(F)(COCC(O)CO)C(F)(F)F. The number of aliphatic hydroxyl groups is 2. The van der Waals surface area contributed by atoms with E-state index in [4.69, 9.17) is 10.2 Å². The molecule has 2 N–H and O–H groups in total. The van der Waals surface area contributed by atoms with Crippen molar-refractivity contribution in [3.05, 3.63) is 12.4 Å². The Morgan fingerprint density at radius 2 is 1.30 bits per heavy atom. The monoisotopic (exact) mass is 482 g/mol. The molecule has 30 heavy (non-hydrogen) atoms. The van der Waals surface area contributed by atoms with Crippen molar-refractivity contribution < 1.29 is 81.5 Å². The lowest BCUT2D eigenvalue weighted by atomic mass is 10.2. The number of halogens is 13. The average Bonchev–Trinajstić information content (AvgIpc) is 2.51. The molecular formula is C12H11F13O5. The predicted octanol–water partition coefficient (Wildman–Crippen LogP) is 3.51. The van der Waals surface area contributed by atoms with Crippen LogP contribution in [0.5, 0.6) is 0 Å². The molecule has 0 aromatic rings. The smallest absolute Gasteiger partial charge is 0.394 e. The zero-order valence-corrected chi connectivity index (χ0v) is 13.9. The summed E-state index contributed by atoms with van der Waals surface area (Å²) in [4.78, 5) is 0. The van der Waals surface area contributed by atoms with Gasteiger partial charge in [0.25, 0.3) is 0 Å². The molecular weight excluding hydrogens is 471 g/mol. The largest absolute Gasteiger partial charge is 0.458 e. The third-order valence-corrected chi connectivity index (χ3v) is 2.85. The lowest BCUT2D eigenvalue weighted by Gasteiger charge is -2.39. The van der Waals surface area contributed by atoms with Gasteiger partial charge >= 0.3 is 36.3 Å². The molecule has 18 heteroatoms. The van der Waals surface area contributed by atoms with E-state index in [1.54, 1.807) is 6.58 Å². The van der Waals surface area contributed by atoms with Gasteiger partial charge in [-0.25, -0.2) is 4.39 Å². The van der Waals surface area contributed by atoms with E-state index in [-0.39, 0.29) is 0 Å². The van der Waals surface area contributed by atoms with Crippen LogP contribution in [0, 0.1) is 0 Å². The molecule has 3 unspecified atom stereocenters. The predicted molar refractivity (Wildman–Crippen MR) is 66.0 cm³/mol. The first kappa shape index (κ1) is 28.6. The van der Waals surface area contributed by atoms with Gasteiger partial charge in [-0.05, 0) is 0 Å². The molecule has 0 aliphatic rings. The van der Waals surface area contributed by atoms with Crippen LogP contribution < -0.4 is 0 Å². The summed E-state index contributed by atoms with van der Waals surface area (Å²) in [5, 5.41) is 17.1. The minimum absolute atomic E-state index is 1.21. The molecule has 0 heterocycles. The topological polar surface area (TPSA) is 68.2 Å². The van der Waals surface area contributed by atoms with E-state index in [1.807, 2.05) is 4.74 Å². The fourth-order valence-electron chi connectivity index (χ4n) is 1.33. The van der Waals surface area contributed by atoms with Crippen molar-refractivity contribution in [3.63, 3.8) is 0 Å². The van der Waals surface area contributed by atoms with Crippen LogP contribution in [0.4, 0.5) is 57.1 Å². The van der Waals surface area contributed by atoms with Crippen molar-refractivity contribution in [2.24, 2.45) is 0 Å². The zero-order chi connectivity index (χ0) is 24.4. The summed E-state index contributed by atoms with van der Waals surface area (Å²) in [5.41, 5.74) is 0. The standard InChI is InChI=1S/C12H11F13O5/c1-5(13)8(15,16)30-9(17,11(21,22)23)12(24,25)29-7(14,10(18,19)20)4-28-3-6(27)2-26/h6,26-27H,1-4H2. The first-order valence-electron chi connectivity index (χ1n) is 6.95. The second-order valence-corrected chi connectivity index (χ2v) is 5.31. The molecule has 0 aliphatic carbocycles. The molecule has 5 nitrogen and oxygen atoms in total. The van der Waals surface area contributed by atoms with E-state index >= 15 is 0 Å². The third-order valence-electron chi connectivity index (χ3n) is 2.85. The number of hydrogen-bond donors (Lipinski definition) is 2. The van der Waals surface area contributed by atoms with Gasteiger partial charge in [-0.2, -0.15) is 52.7 Å². The highest BCUT2D eigenvalue weighted by Gasteiger charge is 2.80. The number of rotatable bonds is 11. The molecule has 0 radical (unpaired) electrons. The summed E-state index contributed by atoms with van der Waals surface area (Å²) in [6.45, 7) is -3.74. The van der Waals surface area contributed by atoms with Crippen molar-refractivity contribution in [2.75, 3.05) is 19.8 Å². The Bertz CT molecular complexity index is 592. The Balaban J connectivity index is 6.10. The fourth-order valence-corrected chi connectivity index (χ4v) is 1.33. The van der Waals surface area contributed by atoms with Crippen LogP contribution in [0.1, 0.15) is 0 Å². The molecule has 180 valence electrons. The van der Waals surface area contributed by atoms with Crippen molar-refractivity contribution in [2.45, 2.75) is 42.4 Å². The minimum atomic E-state index is -7.34. The Labute approximate surface area is 157 Å². The van der Waals surface area contributed by atoms with Crippen molar-refractivity contribution in [1.82, 2.24) is 0 Å². The Kier molecular flexibility index (Phi) is 8.60. The van der Waals surface area contributed by atoms with Gasteiger partial charge in [0.05, 0.1) is 13.2 Å². The van der Waals surface area contributed by atoms with Gasteiger partial charge in [-0.3, -0.25) is 9.47 Å². The maximum atomic E-state index is 13.9. The highest BCUT2D eigenvalue weighted by atomic mass is 19.4. The van der Waals surface area contributed by atoms with Gasteiger partial charge in [0.1, 0.15) is 12.7 Å². The number of aliphatic hydroxyl groups excluding tert-OH is 2. The summed E-state index contributed by atoms with van der Waals surface area (Å²) >= 11 is 0. The average molecular weight is 482 g/mol. The summed E-state index contributed by atoms with van der Waals surface area (Å²) in [7, 11) is 0. The lowest BCUT2D eigenvalue weighted by Crippen LogP contribution is -2.65. The van der Waals surface area contributed by atoms with E-state index in [0.717, 1.165) is 0 Å². The third kappa shape index (κ3) is 6.32. The molecule has 0 aromatic heterocycles. The summed E-state index contributed by atoms with van der Waals surface area (Å²) in [5.74, 6) is -16.5. The Hall–Kier alpha value is -1.37. The van der Waals surface area contributed by atoms with Crippen LogP contribution in [-0.4, -0.2) is 72.4 Å². The first-order valence-corrected chi connectivity index (χ1v) is 6.95. The van der Waals surface area contributed by atoms with Crippen LogP contribution in [0.2, 0.25) is 0 Å². The van der Waals surface area contributed by atoms with Crippen LogP contribution in [0.25, 0.3) is 0 Å². The summed E-state index contributed by atoms with van der Waals surface area (Å²) < 4.78 is 177. The van der Waals surface area contributed by atoms with E-state index in [2.05, 4.69) is 9.47 Å². The molecule has 3 atom stereocenters. The van der Waals surface area contributed by atoms with Gasteiger partial charge in [0, 0.05) is 0 Å². The number of alkyl halides is 12. The molecule has 0 amide bonds. The van der Waals surface area contributed by atoms with Gasteiger partial charge < -0.3 is 14.9 Å². The van der Waals surface area contributed by atoms with Crippen LogP contribution in [0.15, 0.2) is 12.4 Å². The normalized spacial score (nSPS) is 19.2. The molecule has 0 aliphatic heterocycles. The Morgan fingerprint density at radius 3 is 1.63 bits per heavy atom. The van der Waals surface area contributed by atoms with Crippen molar-refractivity contribution in [1.29, 1.82) is 0 Å². The summed E-state index contributed by atoms with van der Waals surface area (Å²) in [6.07, 6.45) is -29.4. The van der Waals surface area contributed by atoms with E-state index in [1.165, 1.54) is 0 Å². The second kappa shape index (κ2) is 9.01. The molecule has 0 saturated carbocycles. The van der Waals surface area contributed by atoms with Gasteiger partial charge in [-0.15, -0.1) is 0 Å². The van der Waals surface area contributed by atoms with Gasteiger partial charge in [-0.1, -0.05) is 6.58 Å². The lowest BCUT2D eigenvalue weighted by molar-refractivity contribution is -0.529. The Morgan fingerprint density at radius 1 is 0.833 bits per heavy atom.